The Morgan fingerprint density at radius 2 is 1.60 bits per heavy atom. The fraction of sp³-hybridized carbons (Fsp3) is 0.355. The van der Waals surface area contributed by atoms with Crippen LogP contribution in [0.5, 0.6) is 0 Å². The van der Waals surface area contributed by atoms with Crippen molar-refractivity contribution < 1.29 is 18.0 Å². The monoisotopic (exact) mass is 625 g/mol. The standard InChI is InChI=1S/C31H36BrN3O4S/c1-22-16-23(2)18-28(17-22)35(40(38,39)29-14-5-4-6-15-29)21-30(36)34(20-25-10-9-11-26(32)19-25)24(3)31(37)33-27-12-7-8-13-27/h4-6,9-11,14-19,24,27H,7-8,12-13,20-21H2,1-3H3,(H,33,37). The fourth-order valence-corrected chi connectivity index (χ4v) is 7.02. The van der Waals surface area contributed by atoms with Gasteiger partial charge in [-0.2, -0.15) is 0 Å². The third-order valence-electron chi connectivity index (χ3n) is 7.22. The summed E-state index contributed by atoms with van der Waals surface area (Å²) < 4.78 is 29.8. The van der Waals surface area contributed by atoms with Crippen LogP contribution in [0, 0.1) is 13.8 Å². The zero-order chi connectivity index (χ0) is 28.9. The normalized spacial score (nSPS) is 14.5. The molecule has 0 saturated heterocycles. The molecular weight excluding hydrogens is 590 g/mol. The number of carbonyl (C=O) groups excluding carboxylic acids is 2. The molecule has 40 heavy (non-hydrogen) atoms. The van der Waals surface area contributed by atoms with Crippen molar-refractivity contribution in [1.29, 1.82) is 0 Å². The number of sulfonamides is 1. The maximum Gasteiger partial charge on any atom is 0.264 e. The zero-order valence-corrected chi connectivity index (χ0v) is 25.5. The molecule has 0 radical (unpaired) electrons. The maximum absolute atomic E-state index is 14.1. The van der Waals surface area contributed by atoms with E-state index < -0.39 is 28.5 Å². The van der Waals surface area contributed by atoms with Gasteiger partial charge in [-0.15, -0.1) is 0 Å². The van der Waals surface area contributed by atoms with Crippen molar-refractivity contribution in [2.45, 2.75) is 70.0 Å². The number of halogens is 1. The van der Waals surface area contributed by atoms with E-state index >= 15 is 0 Å². The van der Waals surface area contributed by atoms with Crippen LogP contribution >= 0.6 is 15.9 Å². The largest absolute Gasteiger partial charge is 0.352 e. The van der Waals surface area contributed by atoms with Crippen molar-refractivity contribution in [2.75, 3.05) is 10.8 Å². The first kappa shape index (κ1) is 29.8. The van der Waals surface area contributed by atoms with Gasteiger partial charge < -0.3 is 10.2 Å². The molecule has 4 rings (SSSR count). The number of rotatable bonds is 10. The fourth-order valence-electron chi connectivity index (χ4n) is 5.15. The van der Waals surface area contributed by atoms with Gasteiger partial charge in [-0.05, 0) is 86.7 Å². The SMILES string of the molecule is Cc1cc(C)cc(N(CC(=O)N(Cc2cccc(Br)c2)C(C)C(=O)NC2CCCC2)S(=O)(=O)c2ccccc2)c1. The lowest BCUT2D eigenvalue weighted by Gasteiger charge is -2.32. The van der Waals surface area contributed by atoms with Crippen LogP contribution in [0.1, 0.15) is 49.3 Å². The number of anilines is 1. The Hall–Kier alpha value is -3.17. The van der Waals surface area contributed by atoms with Gasteiger partial charge in [-0.25, -0.2) is 8.42 Å². The highest BCUT2D eigenvalue weighted by atomic mass is 79.9. The van der Waals surface area contributed by atoms with Crippen LogP contribution in [0.15, 0.2) is 82.2 Å². The zero-order valence-electron chi connectivity index (χ0n) is 23.1. The first-order chi connectivity index (χ1) is 19.0. The van der Waals surface area contributed by atoms with E-state index in [9.17, 15) is 18.0 Å². The predicted molar refractivity (Wildman–Crippen MR) is 161 cm³/mol. The van der Waals surface area contributed by atoms with E-state index in [1.54, 1.807) is 37.3 Å². The molecule has 1 aliphatic rings. The predicted octanol–water partition coefficient (Wildman–Crippen LogP) is 5.74. The Morgan fingerprint density at radius 1 is 0.950 bits per heavy atom. The number of nitrogens with one attached hydrogen (secondary N) is 1. The van der Waals surface area contributed by atoms with Crippen LogP contribution < -0.4 is 9.62 Å². The molecule has 1 unspecified atom stereocenters. The van der Waals surface area contributed by atoms with Crippen LogP contribution in [0.2, 0.25) is 0 Å². The molecule has 1 N–H and O–H groups in total. The van der Waals surface area contributed by atoms with Gasteiger partial charge in [0, 0.05) is 17.1 Å². The topological polar surface area (TPSA) is 86.8 Å². The molecule has 1 atom stereocenters. The van der Waals surface area contributed by atoms with Gasteiger partial charge in [0.2, 0.25) is 11.8 Å². The summed E-state index contributed by atoms with van der Waals surface area (Å²) >= 11 is 3.48. The average Bonchev–Trinajstić information content (AvgIpc) is 3.42. The van der Waals surface area contributed by atoms with E-state index in [1.807, 2.05) is 44.2 Å². The second-order valence-corrected chi connectivity index (χ2v) is 13.3. The second-order valence-electron chi connectivity index (χ2n) is 10.5. The highest BCUT2D eigenvalue weighted by Gasteiger charge is 2.33. The van der Waals surface area contributed by atoms with Crippen molar-refractivity contribution >= 4 is 43.5 Å². The van der Waals surface area contributed by atoms with Crippen LogP contribution in [0.25, 0.3) is 0 Å². The van der Waals surface area contributed by atoms with Crippen molar-refractivity contribution in [3.05, 3.63) is 94.0 Å². The lowest BCUT2D eigenvalue weighted by molar-refractivity contribution is -0.139. The number of hydrogen-bond donors (Lipinski definition) is 1. The molecule has 9 heteroatoms. The summed E-state index contributed by atoms with van der Waals surface area (Å²) in [6, 6.07) is 20.4. The number of hydrogen-bond acceptors (Lipinski definition) is 4. The molecule has 0 bridgehead atoms. The molecular formula is C31H36BrN3O4S. The summed E-state index contributed by atoms with van der Waals surface area (Å²) in [6.45, 7) is 5.19. The maximum atomic E-state index is 14.1. The van der Waals surface area contributed by atoms with E-state index in [0.717, 1.165) is 51.2 Å². The summed E-state index contributed by atoms with van der Waals surface area (Å²) in [7, 11) is -4.08. The van der Waals surface area contributed by atoms with Gasteiger partial charge in [-0.3, -0.25) is 13.9 Å². The third kappa shape index (κ3) is 7.31. The highest BCUT2D eigenvalue weighted by Crippen LogP contribution is 2.27. The molecule has 0 aromatic heterocycles. The molecule has 0 spiro atoms. The van der Waals surface area contributed by atoms with E-state index in [1.165, 1.54) is 17.0 Å². The first-order valence-corrected chi connectivity index (χ1v) is 15.8. The van der Waals surface area contributed by atoms with Gasteiger partial charge in [0.25, 0.3) is 10.0 Å². The van der Waals surface area contributed by atoms with Crippen molar-refractivity contribution in [3.8, 4) is 0 Å². The molecule has 3 aromatic carbocycles. The van der Waals surface area contributed by atoms with Crippen LogP contribution in [-0.4, -0.2) is 43.8 Å². The number of aryl methyl sites for hydroxylation is 2. The summed E-state index contributed by atoms with van der Waals surface area (Å²) in [5, 5.41) is 3.09. The lowest BCUT2D eigenvalue weighted by Crippen LogP contribution is -2.52. The van der Waals surface area contributed by atoms with Gasteiger partial charge in [0.1, 0.15) is 12.6 Å². The minimum atomic E-state index is -4.08. The van der Waals surface area contributed by atoms with Crippen molar-refractivity contribution in [3.63, 3.8) is 0 Å². The van der Waals surface area contributed by atoms with E-state index in [-0.39, 0.29) is 23.4 Å². The second kappa shape index (κ2) is 13.0. The number of nitrogens with zero attached hydrogens (tertiary/aromatic N) is 2. The van der Waals surface area contributed by atoms with E-state index in [0.29, 0.717) is 5.69 Å². The molecule has 1 saturated carbocycles. The summed E-state index contributed by atoms with van der Waals surface area (Å²) in [6.07, 6.45) is 3.99. The minimum Gasteiger partial charge on any atom is -0.352 e. The number of amides is 2. The van der Waals surface area contributed by atoms with Gasteiger partial charge in [-0.1, -0.05) is 65.2 Å². The van der Waals surface area contributed by atoms with Gasteiger partial charge in [0.15, 0.2) is 0 Å². The molecule has 7 nitrogen and oxygen atoms in total. The molecule has 212 valence electrons. The molecule has 1 fully saturated rings. The van der Waals surface area contributed by atoms with Crippen molar-refractivity contribution in [2.24, 2.45) is 0 Å². The van der Waals surface area contributed by atoms with Gasteiger partial charge >= 0.3 is 0 Å². The Bertz CT molecular complexity index is 1440. The van der Waals surface area contributed by atoms with Crippen LogP contribution in [-0.2, 0) is 26.2 Å². The summed E-state index contributed by atoms with van der Waals surface area (Å²) in [4.78, 5) is 29.0. The lowest BCUT2D eigenvalue weighted by atomic mass is 10.1. The molecule has 1 aliphatic carbocycles. The van der Waals surface area contributed by atoms with E-state index in [4.69, 9.17) is 0 Å². The average molecular weight is 627 g/mol. The van der Waals surface area contributed by atoms with Crippen molar-refractivity contribution in [1.82, 2.24) is 10.2 Å². The third-order valence-corrected chi connectivity index (χ3v) is 9.50. The highest BCUT2D eigenvalue weighted by molar-refractivity contribution is 9.10. The summed E-state index contributed by atoms with van der Waals surface area (Å²) in [5.74, 6) is -0.702. The Balaban J connectivity index is 1.70. The number of benzene rings is 3. The molecule has 2 amide bonds. The Labute approximate surface area is 245 Å². The smallest absolute Gasteiger partial charge is 0.264 e. The van der Waals surface area contributed by atoms with Gasteiger partial charge in [0.05, 0.1) is 10.6 Å². The first-order valence-electron chi connectivity index (χ1n) is 13.5. The molecule has 3 aromatic rings. The Morgan fingerprint density at radius 3 is 2.23 bits per heavy atom. The van der Waals surface area contributed by atoms with Crippen LogP contribution in [0.3, 0.4) is 0 Å². The minimum absolute atomic E-state index is 0.0903. The number of carbonyl (C=O) groups is 2. The molecule has 0 aliphatic heterocycles. The molecule has 0 heterocycles. The Kier molecular flexibility index (Phi) is 9.68. The summed E-state index contributed by atoms with van der Waals surface area (Å²) in [5.41, 5.74) is 2.99. The quantitative estimate of drug-likeness (QED) is 0.311. The van der Waals surface area contributed by atoms with Crippen LogP contribution in [0.4, 0.5) is 5.69 Å². The van der Waals surface area contributed by atoms with E-state index in [2.05, 4.69) is 21.2 Å².